The van der Waals surface area contributed by atoms with Crippen LogP contribution in [0.15, 0.2) is 103 Å². The second-order valence-corrected chi connectivity index (χ2v) is 9.22. The van der Waals surface area contributed by atoms with E-state index in [1.165, 1.54) is 33.4 Å². The Kier molecular flexibility index (Phi) is 10.9. The molecule has 0 amide bonds. The highest BCUT2D eigenvalue weighted by molar-refractivity contribution is 5.51. The molecule has 0 atom stereocenters. The third-order valence-corrected chi connectivity index (χ3v) is 6.48. The van der Waals surface area contributed by atoms with Gasteiger partial charge in [0.2, 0.25) is 0 Å². The number of hydrogen-bond donors (Lipinski definition) is 2. The van der Waals surface area contributed by atoms with Crippen molar-refractivity contribution in [2.75, 3.05) is 39.5 Å². The van der Waals surface area contributed by atoms with Crippen LogP contribution in [0, 0.1) is 0 Å². The first kappa shape index (κ1) is 27.6. The van der Waals surface area contributed by atoms with Crippen LogP contribution in [-0.4, -0.2) is 54.8 Å². The lowest BCUT2D eigenvalue weighted by molar-refractivity contribution is -0.173. The number of aliphatic hydroxyl groups excluding tert-OH is 2. The molecular formula is C33H37NO4. The summed E-state index contributed by atoms with van der Waals surface area (Å²) in [4.78, 5) is 5.72. The van der Waals surface area contributed by atoms with Crippen molar-refractivity contribution < 1.29 is 19.8 Å². The smallest absolute Gasteiger partial charge is 0.123 e. The van der Waals surface area contributed by atoms with Gasteiger partial charge in [-0.2, -0.15) is 5.06 Å². The molecule has 4 aromatic carbocycles. The molecule has 2 N–H and O–H groups in total. The second-order valence-electron chi connectivity index (χ2n) is 9.22. The molecular weight excluding hydrogens is 474 g/mol. The van der Waals surface area contributed by atoms with E-state index in [2.05, 4.69) is 97.1 Å². The van der Waals surface area contributed by atoms with E-state index in [4.69, 9.17) is 9.57 Å². The van der Waals surface area contributed by atoms with Crippen molar-refractivity contribution in [3.8, 4) is 5.75 Å². The third kappa shape index (κ3) is 8.27. The molecule has 198 valence electrons. The summed E-state index contributed by atoms with van der Waals surface area (Å²) in [6.07, 6.45) is 2.44. The fourth-order valence-corrected chi connectivity index (χ4v) is 4.63. The van der Waals surface area contributed by atoms with Crippen molar-refractivity contribution in [1.29, 1.82) is 0 Å². The normalized spacial score (nSPS) is 11.1. The summed E-state index contributed by atoms with van der Waals surface area (Å²) in [6, 6.07) is 36.0. The Bertz CT molecular complexity index is 1210. The predicted octanol–water partition coefficient (Wildman–Crippen LogP) is 5.06. The molecule has 0 saturated heterocycles. The summed E-state index contributed by atoms with van der Waals surface area (Å²) in [7, 11) is 0. The molecule has 0 radical (unpaired) electrons. The van der Waals surface area contributed by atoms with Crippen molar-refractivity contribution >= 4 is 0 Å². The van der Waals surface area contributed by atoms with Gasteiger partial charge >= 0.3 is 0 Å². The van der Waals surface area contributed by atoms with E-state index in [1.807, 2.05) is 6.07 Å². The molecule has 0 aliphatic heterocycles. The number of rotatable bonds is 15. The fourth-order valence-electron chi connectivity index (χ4n) is 4.63. The molecule has 4 rings (SSSR count). The van der Waals surface area contributed by atoms with Crippen LogP contribution in [0.4, 0.5) is 0 Å². The van der Waals surface area contributed by atoms with Crippen LogP contribution in [0.3, 0.4) is 0 Å². The third-order valence-electron chi connectivity index (χ3n) is 6.48. The van der Waals surface area contributed by atoms with Gasteiger partial charge in [-0.15, -0.1) is 0 Å². The minimum atomic E-state index is -0.0339. The van der Waals surface area contributed by atoms with Gasteiger partial charge in [-0.05, 0) is 46.7 Å². The molecule has 0 saturated carbocycles. The molecule has 0 heterocycles. The van der Waals surface area contributed by atoms with E-state index in [1.54, 1.807) is 5.06 Å². The second kappa shape index (κ2) is 15.1. The predicted molar refractivity (Wildman–Crippen MR) is 151 cm³/mol. The van der Waals surface area contributed by atoms with Gasteiger partial charge in [0, 0.05) is 25.1 Å². The lowest BCUT2D eigenvalue weighted by atomic mass is 9.88. The highest BCUT2D eigenvalue weighted by Gasteiger charge is 2.17. The van der Waals surface area contributed by atoms with E-state index < -0.39 is 0 Å². The maximum atomic E-state index is 9.22. The largest absolute Gasteiger partial charge is 0.491 e. The highest BCUT2D eigenvalue weighted by Crippen LogP contribution is 2.32. The molecule has 0 aliphatic rings. The number of ether oxygens (including phenoxy) is 1. The van der Waals surface area contributed by atoms with E-state index >= 15 is 0 Å². The summed E-state index contributed by atoms with van der Waals surface area (Å²) < 4.78 is 6.32. The Morgan fingerprint density at radius 2 is 1.03 bits per heavy atom. The minimum Gasteiger partial charge on any atom is -0.491 e. The van der Waals surface area contributed by atoms with Crippen LogP contribution in [0.2, 0.25) is 0 Å². The van der Waals surface area contributed by atoms with Gasteiger partial charge in [-0.25, -0.2) is 0 Å². The molecule has 0 aromatic heterocycles. The van der Waals surface area contributed by atoms with Crippen molar-refractivity contribution in [2.45, 2.75) is 19.3 Å². The lowest BCUT2D eigenvalue weighted by Gasteiger charge is -2.22. The SMILES string of the molecule is OCCN(CCO)OCCOc1ccc(Cc2ccccc2)c(Cc2ccccc2)c1Cc1ccccc1. The lowest BCUT2D eigenvalue weighted by Crippen LogP contribution is -2.31. The quantitative estimate of drug-likeness (QED) is 0.173. The Morgan fingerprint density at radius 1 is 0.526 bits per heavy atom. The molecule has 5 nitrogen and oxygen atoms in total. The van der Waals surface area contributed by atoms with Crippen LogP contribution >= 0.6 is 0 Å². The number of benzene rings is 4. The summed E-state index contributed by atoms with van der Waals surface area (Å²) >= 11 is 0. The summed E-state index contributed by atoms with van der Waals surface area (Å²) in [6.45, 7) is 1.30. The minimum absolute atomic E-state index is 0.0339. The van der Waals surface area contributed by atoms with E-state index in [0.29, 0.717) is 26.3 Å². The van der Waals surface area contributed by atoms with Crippen LogP contribution in [-0.2, 0) is 24.1 Å². The summed E-state index contributed by atoms with van der Waals surface area (Å²) in [5.74, 6) is 0.857. The van der Waals surface area contributed by atoms with Crippen LogP contribution in [0.1, 0.15) is 33.4 Å². The molecule has 0 fully saturated rings. The molecule has 0 spiro atoms. The Balaban J connectivity index is 1.65. The van der Waals surface area contributed by atoms with Gasteiger partial charge in [-0.1, -0.05) is 97.1 Å². The fraction of sp³-hybridized carbons (Fsp3) is 0.273. The zero-order chi connectivity index (χ0) is 26.4. The van der Waals surface area contributed by atoms with Gasteiger partial charge in [-0.3, -0.25) is 4.84 Å². The Labute approximate surface area is 225 Å². The standard InChI is InChI=1S/C33H37NO4/c35-20-18-34(19-21-36)38-23-22-37-33-17-16-30(24-27-10-4-1-5-11-27)31(25-28-12-6-2-7-13-28)32(33)26-29-14-8-3-9-15-29/h1-17,35-36H,18-26H2. The molecule has 0 bridgehead atoms. The van der Waals surface area contributed by atoms with Crippen molar-refractivity contribution in [3.05, 3.63) is 137 Å². The van der Waals surface area contributed by atoms with Gasteiger partial charge in [0.1, 0.15) is 19.0 Å². The first-order chi connectivity index (χ1) is 18.8. The number of hydrogen-bond acceptors (Lipinski definition) is 5. The average Bonchev–Trinajstić information content (AvgIpc) is 2.95. The van der Waals surface area contributed by atoms with E-state index in [9.17, 15) is 10.2 Å². The van der Waals surface area contributed by atoms with E-state index in [-0.39, 0.29) is 13.2 Å². The molecule has 4 aromatic rings. The average molecular weight is 512 g/mol. The number of hydroxylamine groups is 2. The molecule has 0 unspecified atom stereocenters. The van der Waals surface area contributed by atoms with Gasteiger partial charge in [0.25, 0.3) is 0 Å². The Morgan fingerprint density at radius 3 is 1.55 bits per heavy atom. The zero-order valence-corrected chi connectivity index (χ0v) is 21.8. The Hall–Kier alpha value is -3.48. The van der Waals surface area contributed by atoms with Gasteiger partial charge in [0.05, 0.1) is 13.2 Å². The van der Waals surface area contributed by atoms with Crippen molar-refractivity contribution in [1.82, 2.24) is 5.06 Å². The maximum absolute atomic E-state index is 9.22. The van der Waals surface area contributed by atoms with Crippen molar-refractivity contribution in [3.63, 3.8) is 0 Å². The van der Waals surface area contributed by atoms with Crippen LogP contribution in [0.25, 0.3) is 0 Å². The summed E-state index contributed by atoms with van der Waals surface area (Å²) in [5.41, 5.74) is 7.56. The zero-order valence-electron chi connectivity index (χ0n) is 21.8. The van der Waals surface area contributed by atoms with Crippen LogP contribution < -0.4 is 4.74 Å². The van der Waals surface area contributed by atoms with Crippen molar-refractivity contribution in [2.24, 2.45) is 0 Å². The van der Waals surface area contributed by atoms with Crippen LogP contribution in [0.5, 0.6) is 5.75 Å². The highest BCUT2D eigenvalue weighted by atomic mass is 16.7. The summed E-state index contributed by atoms with van der Waals surface area (Å²) in [5, 5.41) is 20.0. The first-order valence-corrected chi connectivity index (χ1v) is 13.2. The maximum Gasteiger partial charge on any atom is 0.123 e. The van der Waals surface area contributed by atoms with Gasteiger partial charge in [0.15, 0.2) is 0 Å². The molecule has 0 aliphatic carbocycles. The molecule has 38 heavy (non-hydrogen) atoms. The first-order valence-electron chi connectivity index (χ1n) is 13.2. The topological polar surface area (TPSA) is 62.2 Å². The van der Waals surface area contributed by atoms with Gasteiger partial charge < -0.3 is 14.9 Å². The molecule has 5 heteroatoms. The van der Waals surface area contributed by atoms with E-state index in [0.717, 1.165) is 25.0 Å². The number of nitrogens with zero attached hydrogens (tertiary/aromatic N) is 1. The monoisotopic (exact) mass is 511 g/mol. The number of aliphatic hydroxyl groups is 2.